The van der Waals surface area contributed by atoms with Gasteiger partial charge in [0.25, 0.3) is 0 Å². The smallest absolute Gasteiger partial charge is 0.324 e. The van der Waals surface area contributed by atoms with E-state index in [-0.39, 0.29) is 32.5 Å². The molecule has 0 aliphatic heterocycles. The van der Waals surface area contributed by atoms with Crippen molar-refractivity contribution in [1.29, 1.82) is 0 Å². The molecular formula is C47H75O7P. The molecule has 6 N–H and O–H groups in total. The number of rotatable bonds is 8. The zero-order valence-corrected chi connectivity index (χ0v) is 38.3. The summed E-state index contributed by atoms with van der Waals surface area (Å²) in [6.07, 6.45) is 0. The second-order valence-corrected chi connectivity index (χ2v) is 22.1. The summed E-state index contributed by atoms with van der Waals surface area (Å²) >= 11 is 0. The lowest BCUT2D eigenvalue weighted by atomic mass is 9.59. The van der Waals surface area contributed by atoms with E-state index in [1.807, 2.05) is 0 Å². The summed E-state index contributed by atoms with van der Waals surface area (Å²) < 4.78 is 7.78. The molecule has 0 amide bonds. The Morgan fingerprint density at radius 3 is 0.927 bits per heavy atom. The van der Waals surface area contributed by atoms with Crippen molar-refractivity contribution in [3.8, 4) is 5.75 Å². The van der Waals surface area contributed by atoms with Crippen molar-refractivity contribution in [1.82, 2.24) is 0 Å². The first-order valence-electron chi connectivity index (χ1n) is 19.5. The first-order valence-corrected chi connectivity index (χ1v) is 20.7. The minimum absolute atomic E-state index is 0.0922. The van der Waals surface area contributed by atoms with Gasteiger partial charge < -0.3 is 34.7 Å². The molecule has 3 aromatic rings. The van der Waals surface area contributed by atoms with Gasteiger partial charge in [-0.05, 0) is 71.9 Å². The summed E-state index contributed by atoms with van der Waals surface area (Å²) in [6, 6.07) is 19.6. The molecular weight excluding hydrogens is 707 g/mol. The van der Waals surface area contributed by atoms with Crippen LogP contribution in [0.5, 0.6) is 5.75 Å². The topological polar surface area (TPSA) is 131 Å². The summed E-state index contributed by atoms with van der Waals surface area (Å²) in [4.78, 5) is 21.7. The fourth-order valence-electron chi connectivity index (χ4n) is 7.13. The van der Waals surface area contributed by atoms with Crippen LogP contribution in [0.3, 0.4) is 0 Å². The van der Waals surface area contributed by atoms with Crippen LogP contribution in [0.1, 0.15) is 169 Å². The minimum Gasteiger partial charge on any atom is -0.477 e. The fraction of sp³-hybridized carbons (Fsp3) is 0.617. The van der Waals surface area contributed by atoms with Gasteiger partial charge in [-0.2, -0.15) is 0 Å². The molecule has 0 aliphatic rings. The van der Waals surface area contributed by atoms with E-state index in [0.717, 1.165) is 27.8 Å². The van der Waals surface area contributed by atoms with E-state index in [9.17, 15) is 15.3 Å². The highest BCUT2D eigenvalue weighted by molar-refractivity contribution is 7.38. The first kappa shape index (κ1) is 48.8. The molecule has 0 heterocycles. The van der Waals surface area contributed by atoms with Crippen molar-refractivity contribution in [2.24, 2.45) is 5.41 Å². The van der Waals surface area contributed by atoms with Gasteiger partial charge >= 0.3 is 8.60 Å². The summed E-state index contributed by atoms with van der Waals surface area (Å²) in [6.45, 7) is 38.2. The van der Waals surface area contributed by atoms with Crippen molar-refractivity contribution in [2.45, 2.75) is 163 Å². The van der Waals surface area contributed by atoms with Crippen LogP contribution in [0.15, 0.2) is 54.6 Å². The van der Waals surface area contributed by atoms with Gasteiger partial charge in [0, 0.05) is 11.1 Å². The van der Waals surface area contributed by atoms with Gasteiger partial charge in [0.05, 0.1) is 25.2 Å². The number of aliphatic hydroxyl groups is 3. The Balaban J connectivity index is 0.00000248. The van der Waals surface area contributed by atoms with Crippen molar-refractivity contribution in [3.63, 3.8) is 0 Å². The van der Waals surface area contributed by atoms with Crippen LogP contribution in [0.2, 0.25) is 0 Å². The molecule has 55 heavy (non-hydrogen) atoms. The molecule has 0 saturated carbocycles. The average molecular weight is 783 g/mol. The van der Waals surface area contributed by atoms with E-state index in [1.54, 1.807) is 0 Å². The van der Waals surface area contributed by atoms with Gasteiger partial charge in [-0.15, -0.1) is 0 Å². The molecule has 0 radical (unpaired) electrons. The lowest BCUT2D eigenvalue weighted by Crippen LogP contribution is -2.59. The molecule has 0 aliphatic carbocycles. The van der Waals surface area contributed by atoms with Crippen molar-refractivity contribution >= 4 is 8.60 Å². The fourth-order valence-corrected chi connectivity index (χ4v) is 7.13. The normalized spacial score (nSPS) is 13.8. The Bertz CT molecular complexity index is 1640. The van der Waals surface area contributed by atoms with Crippen LogP contribution in [-0.4, -0.2) is 49.8 Å². The predicted octanol–water partition coefficient (Wildman–Crippen LogP) is 9.95. The largest absolute Gasteiger partial charge is 0.477 e. The summed E-state index contributed by atoms with van der Waals surface area (Å²) in [7, 11) is -2.62. The SMILES string of the molecule is CC(C)(C)c1ccc(OC(c2ccc(C(C)(C)C)cc2C(C)(C)C)(c2ccc(C(C)(C)C)cc2C(C)(C)C)C(CO)(CO)CO)c(C(C)(C)C)c1.OP(O)O. The van der Waals surface area contributed by atoms with Gasteiger partial charge in [-0.3, -0.25) is 0 Å². The van der Waals surface area contributed by atoms with Crippen LogP contribution in [0.25, 0.3) is 0 Å². The van der Waals surface area contributed by atoms with Crippen molar-refractivity contribution in [3.05, 3.63) is 99.1 Å². The van der Waals surface area contributed by atoms with Crippen molar-refractivity contribution in [2.75, 3.05) is 19.8 Å². The molecule has 0 spiro atoms. The summed E-state index contributed by atoms with van der Waals surface area (Å²) in [5.74, 6) is 0.662. The van der Waals surface area contributed by atoms with E-state index < -0.39 is 39.4 Å². The van der Waals surface area contributed by atoms with Crippen molar-refractivity contribution < 1.29 is 34.7 Å². The number of ether oxygens (including phenoxy) is 1. The molecule has 0 atom stereocenters. The lowest BCUT2D eigenvalue weighted by molar-refractivity contribution is -0.123. The quantitative estimate of drug-likeness (QED) is 0.126. The first-order chi connectivity index (χ1) is 24.6. The molecule has 3 rings (SSSR count). The third-order valence-electron chi connectivity index (χ3n) is 10.7. The third kappa shape index (κ3) is 11.0. The van der Waals surface area contributed by atoms with Gasteiger partial charge in [-0.25, -0.2) is 0 Å². The Morgan fingerprint density at radius 2 is 0.673 bits per heavy atom. The van der Waals surface area contributed by atoms with E-state index in [4.69, 9.17) is 19.4 Å². The zero-order chi connectivity index (χ0) is 43.0. The van der Waals surface area contributed by atoms with Crippen LogP contribution >= 0.6 is 8.60 Å². The molecule has 7 nitrogen and oxygen atoms in total. The monoisotopic (exact) mass is 783 g/mol. The van der Waals surface area contributed by atoms with E-state index in [1.165, 1.54) is 16.7 Å². The van der Waals surface area contributed by atoms with Gasteiger partial charge in [-0.1, -0.05) is 173 Å². The van der Waals surface area contributed by atoms with Gasteiger partial charge in [0.15, 0.2) is 5.60 Å². The maximum atomic E-state index is 11.6. The molecule has 0 aromatic heterocycles. The highest BCUT2D eigenvalue weighted by atomic mass is 31.2. The maximum Gasteiger partial charge on any atom is 0.324 e. The Morgan fingerprint density at radius 1 is 0.400 bits per heavy atom. The highest BCUT2D eigenvalue weighted by Gasteiger charge is 2.59. The molecule has 8 heteroatoms. The molecule has 0 unspecified atom stereocenters. The molecule has 310 valence electrons. The Kier molecular flexibility index (Phi) is 15.0. The minimum atomic E-state index is -2.62. The third-order valence-corrected chi connectivity index (χ3v) is 10.7. The van der Waals surface area contributed by atoms with Crippen LogP contribution in [-0.2, 0) is 38.1 Å². The Labute approximate surface area is 335 Å². The number of benzene rings is 3. The van der Waals surface area contributed by atoms with E-state index in [2.05, 4.69) is 179 Å². The number of hydrogen-bond acceptors (Lipinski definition) is 7. The predicted molar refractivity (Wildman–Crippen MR) is 230 cm³/mol. The molecule has 0 bridgehead atoms. The standard InChI is InChI=1S/C47H72O4.H3O3P/c1-40(2,3)31-19-22-34(36(25-31)43(10,11)12)47(46(28-48,29-49)30-50,35-23-20-32(41(4,5)6)26-37(35)44(13,14)15)51-39-24-21-33(42(7,8)9)27-38(39)45(16,17)18;1-4(2)3/h19-27,48-50H,28-30H2,1-18H3;1-3H. The average Bonchev–Trinajstić information content (AvgIpc) is 3.01. The maximum absolute atomic E-state index is 11.6. The van der Waals surface area contributed by atoms with Gasteiger partial charge in [0.2, 0.25) is 0 Å². The number of aliphatic hydroxyl groups excluding tert-OH is 3. The molecule has 3 aromatic carbocycles. The van der Waals surface area contributed by atoms with Crippen LogP contribution < -0.4 is 4.74 Å². The molecule has 0 fully saturated rings. The Hall–Kier alpha value is -2.35. The van der Waals surface area contributed by atoms with E-state index >= 15 is 0 Å². The summed E-state index contributed by atoms with van der Waals surface area (Å²) in [5, 5.41) is 34.9. The van der Waals surface area contributed by atoms with Crippen LogP contribution in [0, 0.1) is 5.41 Å². The zero-order valence-electron chi connectivity index (χ0n) is 37.4. The highest BCUT2D eigenvalue weighted by Crippen LogP contribution is 2.55. The van der Waals surface area contributed by atoms with E-state index in [0.29, 0.717) is 5.75 Å². The summed E-state index contributed by atoms with van der Waals surface area (Å²) in [5.41, 5.74) is 3.83. The molecule has 0 saturated heterocycles. The number of hydrogen-bond donors (Lipinski definition) is 6. The van der Waals surface area contributed by atoms with Crippen LogP contribution in [0.4, 0.5) is 0 Å². The van der Waals surface area contributed by atoms with Gasteiger partial charge in [0.1, 0.15) is 5.75 Å². The second-order valence-electron chi connectivity index (χ2n) is 21.5. The second kappa shape index (κ2) is 16.9. The lowest BCUT2D eigenvalue weighted by Gasteiger charge is -2.52.